The minimum atomic E-state index is -0.0550. The molecule has 3 nitrogen and oxygen atoms in total. The Hall–Kier alpha value is -1.06. The van der Waals surface area contributed by atoms with E-state index >= 15 is 0 Å². The van der Waals surface area contributed by atoms with Crippen LogP contribution < -0.4 is 10.1 Å². The van der Waals surface area contributed by atoms with Crippen molar-refractivity contribution in [3.05, 3.63) is 29.8 Å². The van der Waals surface area contributed by atoms with E-state index in [4.69, 9.17) is 9.47 Å². The lowest BCUT2D eigenvalue weighted by atomic mass is 9.95. The third-order valence-corrected chi connectivity index (χ3v) is 3.95. The van der Waals surface area contributed by atoms with E-state index in [0.29, 0.717) is 6.04 Å². The first-order chi connectivity index (χ1) is 10.0. The lowest BCUT2D eigenvalue weighted by Gasteiger charge is -2.26. The van der Waals surface area contributed by atoms with Gasteiger partial charge in [0.15, 0.2) is 0 Å². The first kappa shape index (κ1) is 18.0. The van der Waals surface area contributed by atoms with E-state index in [9.17, 15) is 0 Å². The Balaban J connectivity index is 2.63. The third-order valence-electron chi connectivity index (χ3n) is 3.95. The van der Waals surface area contributed by atoms with Crippen LogP contribution in [0.5, 0.6) is 5.75 Å². The van der Waals surface area contributed by atoms with Crippen LogP contribution >= 0.6 is 0 Å². The van der Waals surface area contributed by atoms with Crippen LogP contribution in [0.1, 0.15) is 45.6 Å². The Bertz CT molecular complexity index is 404. The van der Waals surface area contributed by atoms with Crippen LogP contribution in [0, 0.1) is 0 Å². The highest BCUT2D eigenvalue weighted by Crippen LogP contribution is 2.20. The summed E-state index contributed by atoms with van der Waals surface area (Å²) >= 11 is 0. The first-order valence-electron chi connectivity index (χ1n) is 7.92. The molecule has 0 spiro atoms. The van der Waals surface area contributed by atoms with Gasteiger partial charge in [-0.15, -0.1) is 0 Å². The largest absolute Gasteiger partial charge is 0.497 e. The predicted molar refractivity (Wildman–Crippen MR) is 89.1 cm³/mol. The number of methoxy groups -OCH3 is 2. The molecule has 0 aliphatic rings. The van der Waals surface area contributed by atoms with Gasteiger partial charge in [-0.3, -0.25) is 0 Å². The molecule has 3 heteroatoms. The zero-order valence-electron chi connectivity index (χ0n) is 14.2. The number of hydrogen-bond donors (Lipinski definition) is 1. The summed E-state index contributed by atoms with van der Waals surface area (Å²) < 4.78 is 10.8. The molecule has 21 heavy (non-hydrogen) atoms. The third kappa shape index (κ3) is 6.96. The molecule has 1 atom stereocenters. The van der Waals surface area contributed by atoms with E-state index in [-0.39, 0.29) is 5.60 Å². The topological polar surface area (TPSA) is 30.5 Å². The molecule has 1 aromatic carbocycles. The average molecular weight is 293 g/mol. The number of ether oxygens (including phenoxy) is 2. The zero-order valence-corrected chi connectivity index (χ0v) is 14.2. The quantitative estimate of drug-likeness (QED) is 0.711. The maximum atomic E-state index is 5.53. The van der Waals surface area contributed by atoms with Gasteiger partial charge in [-0.25, -0.2) is 0 Å². The fourth-order valence-corrected chi connectivity index (χ4v) is 2.33. The van der Waals surface area contributed by atoms with Crippen LogP contribution in [0.25, 0.3) is 0 Å². The molecule has 0 heterocycles. The van der Waals surface area contributed by atoms with Gasteiger partial charge in [0.1, 0.15) is 5.75 Å². The zero-order chi connectivity index (χ0) is 15.7. The highest BCUT2D eigenvalue weighted by Gasteiger charge is 2.19. The molecule has 1 rings (SSSR count). The molecule has 0 amide bonds. The van der Waals surface area contributed by atoms with Crippen molar-refractivity contribution >= 4 is 0 Å². The summed E-state index contributed by atoms with van der Waals surface area (Å²) in [5, 5.41) is 3.66. The van der Waals surface area contributed by atoms with E-state index in [0.717, 1.165) is 38.0 Å². The summed E-state index contributed by atoms with van der Waals surface area (Å²) in [6, 6.07) is 8.83. The number of nitrogens with one attached hydrogen (secondary N) is 1. The SMILES string of the molecule is CCCNC(CCC(C)(C)OC)Cc1cccc(OC)c1. The Labute approximate surface area is 130 Å². The Morgan fingerprint density at radius 1 is 1.24 bits per heavy atom. The fraction of sp³-hybridized carbons (Fsp3) is 0.667. The number of rotatable bonds is 10. The van der Waals surface area contributed by atoms with Crippen molar-refractivity contribution in [1.82, 2.24) is 5.32 Å². The molecule has 1 unspecified atom stereocenters. The maximum absolute atomic E-state index is 5.53. The summed E-state index contributed by atoms with van der Waals surface area (Å²) in [7, 11) is 3.50. The van der Waals surface area contributed by atoms with Crippen molar-refractivity contribution < 1.29 is 9.47 Å². The van der Waals surface area contributed by atoms with Crippen molar-refractivity contribution in [2.24, 2.45) is 0 Å². The van der Waals surface area contributed by atoms with Gasteiger partial charge in [0, 0.05) is 13.2 Å². The minimum Gasteiger partial charge on any atom is -0.497 e. The molecule has 0 saturated carbocycles. The second kappa shape index (κ2) is 9.06. The van der Waals surface area contributed by atoms with Crippen molar-refractivity contribution in [2.45, 2.75) is 58.1 Å². The van der Waals surface area contributed by atoms with Crippen LogP contribution in [0.2, 0.25) is 0 Å². The standard InChI is InChI=1S/C18H31NO2/c1-6-12-19-16(10-11-18(2,3)21-5)13-15-8-7-9-17(14-15)20-4/h7-9,14,16,19H,6,10-13H2,1-5H3. The van der Waals surface area contributed by atoms with Gasteiger partial charge in [0.2, 0.25) is 0 Å². The van der Waals surface area contributed by atoms with Crippen LogP contribution in [0.4, 0.5) is 0 Å². The summed E-state index contributed by atoms with van der Waals surface area (Å²) in [6.45, 7) is 7.56. The van der Waals surface area contributed by atoms with Crippen LogP contribution in [-0.2, 0) is 11.2 Å². The van der Waals surface area contributed by atoms with E-state index in [1.54, 1.807) is 14.2 Å². The fourth-order valence-electron chi connectivity index (χ4n) is 2.33. The van der Waals surface area contributed by atoms with E-state index < -0.39 is 0 Å². The molecule has 1 N–H and O–H groups in total. The molecule has 0 aliphatic carbocycles. The second-order valence-electron chi connectivity index (χ2n) is 6.21. The lowest BCUT2D eigenvalue weighted by Crippen LogP contribution is -2.34. The van der Waals surface area contributed by atoms with Crippen LogP contribution in [0.15, 0.2) is 24.3 Å². The van der Waals surface area contributed by atoms with E-state index in [2.05, 4.69) is 44.3 Å². The Morgan fingerprint density at radius 3 is 2.62 bits per heavy atom. The average Bonchev–Trinajstić information content (AvgIpc) is 2.50. The normalized spacial score (nSPS) is 13.2. The molecule has 0 aliphatic heterocycles. The molecule has 0 fully saturated rings. The van der Waals surface area contributed by atoms with Gasteiger partial charge in [0.25, 0.3) is 0 Å². The maximum Gasteiger partial charge on any atom is 0.119 e. The van der Waals surface area contributed by atoms with Crippen molar-refractivity contribution in [3.8, 4) is 5.75 Å². The molecule has 0 saturated heterocycles. The van der Waals surface area contributed by atoms with Crippen LogP contribution in [0.3, 0.4) is 0 Å². The Morgan fingerprint density at radius 2 is 2.00 bits per heavy atom. The van der Waals surface area contributed by atoms with Gasteiger partial charge < -0.3 is 14.8 Å². The molecule has 0 bridgehead atoms. The molecule has 1 aromatic rings. The Kier molecular flexibility index (Phi) is 7.76. The molecule has 0 radical (unpaired) electrons. The van der Waals surface area contributed by atoms with Crippen LogP contribution in [-0.4, -0.2) is 32.4 Å². The van der Waals surface area contributed by atoms with E-state index in [1.807, 2.05) is 6.07 Å². The first-order valence-corrected chi connectivity index (χ1v) is 7.92. The minimum absolute atomic E-state index is 0.0550. The van der Waals surface area contributed by atoms with Crippen molar-refractivity contribution in [3.63, 3.8) is 0 Å². The molecule has 0 aromatic heterocycles. The van der Waals surface area contributed by atoms with Gasteiger partial charge >= 0.3 is 0 Å². The summed E-state index contributed by atoms with van der Waals surface area (Å²) in [6.07, 6.45) is 4.34. The summed E-state index contributed by atoms with van der Waals surface area (Å²) in [5.41, 5.74) is 1.26. The summed E-state index contributed by atoms with van der Waals surface area (Å²) in [5.74, 6) is 0.930. The lowest BCUT2D eigenvalue weighted by molar-refractivity contribution is 0.0117. The van der Waals surface area contributed by atoms with E-state index in [1.165, 1.54) is 5.56 Å². The van der Waals surface area contributed by atoms with Gasteiger partial charge in [-0.05, 0) is 63.8 Å². The van der Waals surface area contributed by atoms with Crippen molar-refractivity contribution in [2.75, 3.05) is 20.8 Å². The summed E-state index contributed by atoms with van der Waals surface area (Å²) in [4.78, 5) is 0. The van der Waals surface area contributed by atoms with Gasteiger partial charge in [-0.1, -0.05) is 19.1 Å². The second-order valence-corrected chi connectivity index (χ2v) is 6.21. The van der Waals surface area contributed by atoms with Crippen molar-refractivity contribution in [1.29, 1.82) is 0 Å². The smallest absolute Gasteiger partial charge is 0.119 e. The molecule has 120 valence electrons. The monoisotopic (exact) mass is 293 g/mol. The highest BCUT2D eigenvalue weighted by molar-refractivity contribution is 5.28. The molecular weight excluding hydrogens is 262 g/mol. The molecular formula is C18H31NO2. The van der Waals surface area contributed by atoms with Gasteiger partial charge in [-0.2, -0.15) is 0 Å². The van der Waals surface area contributed by atoms with Gasteiger partial charge in [0.05, 0.1) is 12.7 Å². The highest BCUT2D eigenvalue weighted by atomic mass is 16.5. The number of hydrogen-bond acceptors (Lipinski definition) is 3. The predicted octanol–water partition coefficient (Wildman–Crippen LogP) is 3.81. The number of benzene rings is 1.